The summed E-state index contributed by atoms with van der Waals surface area (Å²) in [5, 5.41) is 2.50. The van der Waals surface area contributed by atoms with E-state index in [-0.39, 0.29) is 36.5 Å². The smallest absolute Gasteiger partial charge is 0.416 e. The maximum Gasteiger partial charge on any atom is 0.416 e. The van der Waals surface area contributed by atoms with Crippen LogP contribution in [0.4, 0.5) is 18.9 Å². The van der Waals surface area contributed by atoms with Crippen LogP contribution in [0.1, 0.15) is 39.2 Å². The summed E-state index contributed by atoms with van der Waals surface area (Å²) in [4.78, 5) is 27.4. The first-order chi connectivity index (χ1) is 16.2. The van der Waals surface area contributed by atoms with Crippen LogP contribution in [0.15, 0.2) is 60.8 Å². The van der Waals surface area contributed by atoms with Gasteiger partial charge in [0.15, 0.2) is 0 Å². The van der Waals surface area contributed by atoms with E-state index in [2.05, 4.69) is 10.3 Å². The number of rotatable bonds is 9. The molecule has 0 aliphatic heterocycles. The molecule has 3 rings (SSSR count). The molecule has 0 fully saturated rings. The highest BCUT2D eigenvalue weighted by Crippen LogP contribution is 2.33. The molecular formula is C24H23F3N4O3. The minimum Gasteiger partial charge on any atom is -0.489 e. The van der Waals surface area contributed by atoms with Gasteiger partial charge in [0.25, 0.3) is 5.91 Å². The van der Waals surface area contributed by atoms with Gasteiger partial charge in [0, 0.05) is 24.8 Å². The summed E-state index contributed by atoms with van der Waals surface area (Å²) >= 11 is 0. The standard InChI is InChI=1S/C24H23F3N4O3/c25-24(26,27)20-12-18(6-5-17(20)13-28)31-22(32)7-4-15-2-1-3-19(10-15)34-14-16-8-9-30-21(11-16)23(29)33/h1-3,5-6,8-12H,4,7,13-14,28H2,(H2,29,33)(H,31,32). The Morgan fingerprint density at radius 1 is 1.03 bits per heavy atom. The Morgan fingerprint density at radius 2 is 1.82 bits per heavy atom. The second-order valence-corrected chi connectivity index (χ2v) is 7.47. The minimum absolute atomic E-state index is 0.0417. The number of alkyl halides is 3. The van der Waals surface area contributed by atoms with Crippen LogP contribution in [-0.2, 0) is 30.5 Å². The number of aromatic nitrogens is 1. The number of amides is 2. The number of pyridine rings is 1. The molecule has 0 bridgehead atoms. The molecule has 0 atom stereocenters. The molecule has 34 heavy (non-hydrogen) atoms. The fourth-order valence-corrected chi connectivity index (χ4v) is 3.23. The Kier molecular flexibility index (Phi) is 7.85. The summed E-state index contributed by atoms with van der Waals surface area (Å²) in [6.45, 7) is -0.0674. The van der Waals surface area contributed by atoms with Gasteiger partial charge in [0.2, 0.25) is 5.91 Å². The van der Waals surface area contributed by atoms with Crippen molar-refractivity contribution in [2.45, 2.75) is 32.2 Å². The van der Waals surface area contributed by atoms with Crippen LogP contribution in [0.25, 0.3) is 0 Å². The molecule has 0 spiro atoms. The highest BCUT2D eigenvalue weighted by atomic mass is 19.4. The number of nitrogens with two attached hydrogens (primary N) is 2. The van der Waals surface area contributed by atoms with Crippen molar-refractivity contribution in [1.29, 1.82) is 0 Å². The highest BCUT2D eigenvalue weighted by Gasteiger charge is 2.33. The van der Waals surface area contributed by atoms with E-state index >= 15 is 0 Å². The van der Waals surface area contributed by atoms with Crippen LogP contribution in [0.3, 0.4) is 0 Å². The van der Waals surface area contributed by atoms with Crippen molar-refractivity contribution < 1.29 is 27.5 Å². The topological polar surface area (TPSA) is 120 Å². The molecule has 2 aromatic carbocycles. The lowest BCUT2D eigenvalue weighted by Gasteiger charge is -2.14. The van der Waals surface area contributed by atoms with Gasteiger partial charge in [-0.2, -0.15) is 13.2 Å². The lowest BCUT2D eigenvalue weighted by atomic mass is 10.1. The van der Waals surface area contributed by atoms with Crippen molar-refractivity contribution in [3.8, 4) is 5.75 Å². The van der Waals surface area contributed by atoms with Crippen molar-refractivity contribution >= 4 is 17.5 Å². The van der Waals surface area contributed by atoms with Crippen molar-refractivity contribution in [3.63, 3.8) is 0 Å². The average Bonchev–Trinajstić information content (AvgIpc) is 2.81. The number of primary amides is 1. The Hall–Kier alpha value is -3.92. The maximum atomic E-state index is 13.2. The maximum absolute atomic E-state index is 13.2. The Morgan fingerprint density at radius 3 is 2.53 bits per heavy atom. The lowest BCUT2D eigenvalue weighted by molar-refractivity contribution is -0.138. The second-order valence-electron chi connectivity index (χ2n) is 7.47. The molecule has 0 aliphatic rings. The normalized spacial score (nSPS) is 11.2. The Labute approximate surface area is 193 Å². The molecule has 178 valence electrons. The predicted octanol–water partition coefficient (Wildman–Crippen LogP) is 3.81. The van der Waals surface area contributed by atoms with Crippen molar-refractivity contribution in [2.75, 3.05) is 5.32 Å². The number of aryl methyl sites for hydroxylation is 1. The van der Waals surface area contributed by atoms with Crippen LogP contribution in [0, 0.1) is 0 Å². The zero-order valence-corrected chi connectivity index (χ0v) is 18.1. The summed E-state index contributed by atoms with van der Waals surface area (Å²) in [5.74, 6) is -0.495. The number of carbonyl (C=O) groups is 2. The van der Waals surface area contributed by atoms with E-state index in [1.807, 2.05) is 6.07 Å². The Balaban J connectivity index is 1.57. The molecular weight excluding hydrogens is 449 g/mol. The molecule has 10 heteroatoms. The van der Waals surface area contributed by atoms with Gasteiger partial charge in [-0.3, -0.25) is 14.6 Å². The molecule has 1 heterocycles. The van der Waals surface area contributed by atoms with Gasteiger partial charge in [-0.1, -0.05) is 18.2 Å². The largest absolute Gasteiger partial charge is 0.489 e. The third-order valence-corrected chi connectivity index (χ3v) is 4.94. The number of ether oxygens (including phenoxy) is 1. The molecule has 2 amide bonds. The molecule has 0 aliphatic carbocycles. The summed E-state index contributed by atoms with van der Waals surface area (Å²) < 4.78 is 45.3. The Bertz CT molecular complexity index is 1180. The molecule has 5 N–H and O–H groups in total. The monoisotopic (exact) mass is 472 g/mol. The summed E-state index contributed by atoms with van der Waals surface area (Å²) in [7, 11) is 0. The van der Waals surface area contributed by atoms with Crippen LogP contribution in [0.2, 0.25) is 0 Å². The second kappa shape index (κ2) is 10.8. The first kappa shape index (κ1) is 24.7. The fourth-order valence-electron chi connectivity index (χ4n) is 3.23. The third kappa shape index (κ3) is 6.79. The number of halogens is 3. The molecule has 0 saturated carbocycles. The van der Waals surface area contributed by atoms with E-state index in [9.17, 15) is 22.8 Å². The third-order valence-electron chi connectivity index (χ3n) is 4.94. The van der Waals surface area contributed by atoms with Crippen molar-refractivity contribution in [1.82, 2.24) is 4.98 Å². The van der Waals surface area contributed by atoms with E-state index in [4.69, 9.17) is 16.2 Å². The highest BCUT2D eigenvalue weighted by molar-refractivity contribution is 5.91. The fraction of sp³-hybridized carbons (Fsp3) is 0.208. The number of nitrogens with zero attached hydrogens (tertiary/aromatic N) is 1. The number of anilines is 1. The number of nitrogens with one attached hydrogen (secondary N) is 1. The summed E-state index contributed by atoms with van der Waals surface area (Å²) in [6.07, 6.45) is -2.67. The number of benzene rings is 2. The molecule has 0 radical (unpaired) electrons. The van der Waals surface area contributed by atoms with Crippen LogP contribution < -0.4 is 21.5 Å². The first-order valence-electron chi connectivity index (χ1n) is 10.3. The van der Waals surface area contributed by atoms with Gasteiger partial charge >= 0.3 is 6.18 Å². The van der Waals surface area contributed by atoms with Gasteiger partial charge in [0.05, 0.1) is 5.56 Å². The molecule has 0 unspecified atom stereocenters. The zero-order chi connectivity index (χ0) is 24.7. The minimum atomic E-state index is -4.56. The summed E-state index contributed by atoms with van der Waals surface area (Å²) in [6, 6.07) is 13.9. The predicted molar refractivity (Wildman–Crippen MR) is 120 cm³/mol. The number of hydrogen-bond donors (Lipinski definition) is 3. The van der Waals surface area contributed by atoms with Gasteiger partial charge < -0.3 is 21.5 Å². The van der Waals surface area contributed by atoms with E-state index in [0.29, 0.717) is 17.7 Å². The van der Waals surface area contributed by atoms with Crippen molar-refractivity contribution in [3.05, 3.63) is 88.7 Å². The van der Waals surface area contributed by atoms with Crippen LogP contribution in [-0.4, -0.2) is 16.8 Å². The van der Waals surface area contributed by atoms with Gasteiger partial charge in [-0.25, -0.2) is 0 Å². The van der Waals surface area contributed by atoms with Crippen LogP contribution >= 0.6 is 0 Å². The lowest BCUT2D eigenvalue weighted by Crippen LogP contribution is -2.16. The zero-order valence-electron chi connectivity index (χ0n) is 18.1. The number of hydrogen-bond acceptors (Lipinski definition) is 5. The average molecular weight is 472 g/mol. The van der Waals surface area contributed by atoms with E-state index in [1.54, 1.807) is 30.3 Å². The van der Waals surface area contributed by atoms with Gasteiger partial charge in [-0.05, 0) is 59.5 Å². The van der Waals surface area contributed by atoms with E-state index in [0.717, 1.165) is 11.6 Å². The van der Waals surface area contributed by atoms with E-state index in [1.165, 1.54) is 18.3 Å². The molecule has 1 aromatic heterocycles. The van der Waals surface area contributed by atoms with E-state index < -0.39 is 23.6 Å². The van der Waals surface area contributed by atoms with Crippen molar-refractivity contribution in [2.24, 2.45) is 11.5 Å². The SMILES string of the molecule is NCc1ccc(NC(=O)CCc2cccc(OCc3ccnc(C(N)=O)c3)c2)cc1C(F)(F)F. The van der Waals surface area contributed by atoms with Gasteiger partial charge in [-0.15, -0.1) is 0 Å². The molecule has 7 nitrogen and oxygen atoms in total. The quantitative estimate of drug-likeness (QED) is 0.437. The van der Waals surface area contributed by atoms with Crippen LogP contribution in [0.5, 0.6) is 5.75 Å². The number of carbonyl (C=O) groups excluding carboxylic acids is 2. The molecule has 0 saturated heterocycles. The summed E-state index contributed by atoms with van der Waals surface area (Å²) in [5.41, 5.74) is 11.4. The first-order valence-corrected chi connectivity index (χ1v) is 10.3. The molecule has 3 aromatic rings. The van der Waals surface area contributed by atoms with Gasteiger partial charge in [0.1, 0.15) is 18.1 Å².